The van der Waals surface area contributed by atoms with Crippen LogP contribution in [-0.4, -0.2) is 34.8 Å². The van der Waals surface area contributed by atoms with Crippen molar-refractivity contribution in [2.75, 3.05) is 23.6 Å². The van der Waals surface area contributed by atoms with Crippen LogP contribution in [0.2, 0.25) is 0 Å². The summed E-state index contributed by atoms with van der Waals surface area (Å²) >= 11 is 8.93. The zero-order valence-electron chi connectivity index (χ0n) is 6.42. The minimum Gasteiger partial charge on any atom is -0.366 e. The van der Waals surface area contributed by atoms with Crippen molar-refractivity contribution in [3.8, 4) is 0 Å². The van der Waals surface area contributed by atoms with Gasteiger partial charge >= 0.3 is 0 Å². The minimum atomic E-state index is 0.554. The fourth-order valence-corrected chi connectivity index (χ4v) is 3.36. The lowest BCUT2D eigenvalue weighted by Gasteiger charge is -2.22. The minimum absolute atomic E-state index is 0.554. The van der Waals surface area contributed by atoms with Gasteiger partial charge in [0.05, 0.1) is 0 Å². The number of thiocarbonyl (C=S) groups is 1. The van der Waals surface area contributed by atoms with Gasteiger partial charge in [0.25, 0.3) is 0 Å². The van der Waals surface area contributed by atoms with Gasteiger partial charge in [-0.15, -0.1) is 23.5 Å². The van der Waals surface area contributed by atoms with E-state index in [4.69, 9.17) is 12.2 Å². The smallest absolute Gasteiger partial charge is 0.166 e. The number of rotatable bonds is 1. The molecule has 0 radical (unpaired) electrons. The van der Waals surface area contributed by atoms with Crippen LogP contribution in [0.25, 0.3) is 0 Å². The summed E-state index contributed by atoms with van der Waals surface area (Å²) < 4.78 is 0. The standard InChI is InChI=1S/C6H12N2S3/c1-7-6(9)8-5-2-10-4-11-3-5/h5H,2-4H2,1H3,(H2,7,8,9). The van der Waals surface area contributed by atoms with Crippen molar-refractivity contribution in [3.63, 3.8) is 0 Å². The van der Waals surface area contributed by atoms with Gasteiger partial charge in [0.1, 0.15) is 0 Å². The normalized spacial score (nSPS) is 19.4. The second-order valence-corrected chi connectivity index (χ2v) is 5.11. The highest BCUT2D eigenvalue weighted by atomic mass is 32.2. The summed E-state index contributed by atoms with van der Waals surface area (Å²) in [5, 5.41) is 8.15. The van der Waals surface area contributed by atoms with Crippen LogP contribution >= 0.6 is 35.7 Å². The van der Waals surface area contributed by atoms with Crippen LogP contribution in [0.3, 0.4) is 0 Å². The van der Waals surface area contributed by atoms with E-state index in [1.165, 1.54) is 16.6 Å². The molecule has 5 heteroatoms. The van der Waals surface area contributed by atoms with Crippen LogP contribution in [0, 0.1) is 0 Å². The van der Waals surface area contributed by atoms with Crippen molar-refractivity contribution in [2.24, 2.45) is 0 Å². The lowest BCUT2D eigenvalue weighted by Crippen LogP contribution is -2.44. The van der Waals surface area contributed by atoms with Gasteiger partial charge in [0.2, 0.25) is 0 Å². The molecule has 1 fully saturated rings. The summed E-state index contributed by atoms with van der Waals surface area (Å²) in [6.07, 6.45) is 0. The monoisotopic (exact) mass is 208 g/mol. The zero-order chi connectivity index (χ0) is 8.10. The second kappa shape index (κ2) is 5.11. The topological polar surface area (TPSA) is 24.1 Å². The lowest BCUT2D eigenvalue weighted by atomic mass is 10.4. The van der Waals surface area contributed by atoms with E-state index in [2.05, 4.69) is 10.6 Å². The molecule has 0 aliphatic carbocycles. The highest BCUT2D eigenvalue weighted by Crippen LogP contribution is 2.20. The van der Waals surface area contributed by atoms with E-state index in [0.29, 0.717) is 6.04 Å². The summed E-state index contributed by atoms with van der Waals surface area (Å²) in [4.78, 5) is 0. The molecule has 0 spiro atoms. The van der Waals surface area contributed by atoms with E-state index in [1.54, 1.807) is 0 Å². The molecule has 2 nitrogen and oxygen atoms in total. The molecule has 1 aliphatic heterocycles. The predicted octanol–water partition coefficient (Wildman–Crippen LogP) is 0.886. The Hall–Kier alpha value is 0.390. The average molecular weight is 208 g/mol. The van der Waals surface area contributed by atoms with Crippen molar-refractivity contribution in [1.82, 2.24) is 10.6 Å². The quantitative estimate of drug-likeness (QED) is 0.623. The van der Waals surface area contributed by atoms with Crippen LogP contribution in [0.15, 0.2) is 0 Å². The van der Waals surface area contributed by atoms with Crippen molar-refractivity contribution >= 4 is 40.9 Å². The van der Waals surface area contributed by atoms with Gasteiger partial charge in [-0.25, -0.2) is 0 Å². The van der Waals surface area contributed by atoms with Crippen LogP contribution in [0.5, 0.6) is 0 Å². The Bertz CT molecular complexity index is 134. The van der Waals surface area contributed by atoms with E-state index in [9.17, 15) is 0 Å². The molecule has 2 N–H and O–H groups in total. The summed E-state index contributed by atoms with van der Waals surface area (Å²) in [6.45, 7) is 0. The van der Waals surface area contributed by atoms with Crippen LogP contribution in [0.4, 0.5) is 0 Å². The third-order valence-electron chi connectivity index (χ3n) is 1.37. The Labute approximate surface area is 81.3 Å². The maximum Gasteiger partial charge on any atom is 0.166 e. The summed E-state index contributed by atoms with van der Waals surface area (Å²) in [7, 11) is 1.85. The molecular weight excluding hydrogens is 196 g/mol. The fourth-order valence-electron chi connectivity index (χ4n) is 0.829. The van der Waals surface area contributed by atoms with Gasteiger partial charge in [-0.05, 0) is 12.2 Å². The van der Waals surface area contributed by atoms with E-state index in [0.717, 1.165) is 5.11 Å². The van der Waals surface area contributed by atoms with Gasteiger partial charge in [-0.1, -0.05) is 0 Å². The van der Waals surface area contributed by atoms with Crippen LogP contribution in [0.1, 0.15) is 0 Å². The molecular formula is C6H12N2S3. The molecule has 0 amide bonds. The Kier molecular flexibility index (Phi) is 4.40. The van der Waals surface area contributed by atoms with Gasteiger partial charge in [-0.2, -0.15) is 0 Å². The van der Waals surface area contributed by atoms with Gasteiger partial charge in [-0.3, -0.25) is 0 Å². The Morgan fingerprint density at radius 3 is 2.64 bits per heavy atom. The van der Waals surface area contributed by atoms with Crippen LogP contribution in [-0.2, 0) is 0 Å². The first-order valence-electron chi connectivity index (χ1n) is 3.46. The maximum atomic E-state index is 5.00. The highest BCUT2D eigenvalue weighted by molar-refractivity contribution is 8.16. The van der Waals surface area contributed by atoms with Crippen molar-refractivity contribution in [3.05, 3.63) is 0 Å². The Balaban J connectivity index is 2.19. The maximum absolute atomic E-state index is 5.00. The molecule has 1 rings (SSSR count). The Morgan fingerprint density at radius 2 is 2.09 bits per heavy atom. The molecule has 11 heavy (non-hydrogen) atoms. The first-order valence-corrected chi connectivity index (χ1v) is 6.18. The average Bonchev–Trinajstić information content (AvgIpc) is 2.06. The highest BCUT2D eigenvalue weighted by Gasteiger charge is 2.13. The predicted molar refractivity (Wildman–Crippen MR) is 58.4 cm³/mol. The summed E-state index contributed by atoms with van der Waals surface area (Å²) in [5.74, 6) is 2.35. The van der Waals surface area contributed by atoms with E-state index < -0.39 is 0 Å². The van der Waals surface area contributed by atoms with E-state index in [1.807, 2.05) is 30.6 Å². The summed E-state index contributed by atoms with van der Waals surface area (Å²) in [6, 6.07) is 0.554. The molecule has 0 bridgehead atoms. The second-order valence-electron chi connectivity index (χ2n) is 2.28. The molecule has 0 aromatic heterocycles. The Morgan fingerprint density at radius 1 is 1.45 bits per heavy atom. The summed E-state index contributed by atoms with van der Waals surface area (Å²) in [5.41, 5.74) is 0. The zero-order valence-corrected chi connectivity index (χ0v) is 8.87. The number of nitrogens with one attached hydrogen (secondary N) is 2. The van der Waals surface area contributed by atoms with Gasteiger partial charge in [0.15, 0.2) is 5.11 Å². The third kappa shape index (κ3) is 3.53. The van der Waals surface area contributed by atoms with Crippen molar-refractivity contribution in [2.45, 2.75) is 6.04 Å². The molecule has 1 aliphatic rings. The molecule has 0 aromatic carbocycles. The number of hydrogen-bond donors (Lipinski definition) is 2. The largest absolute Gasteiger partial charge is 0.366 e. The molecule has 0 aromatic rings. The first kappa shape index (κ1) is 9.48. The first-order chi connectivity index (χ1) is 5.33. The van der Waals surface area contributed by atoms with Crippen LogP contribution < -0.4 is 10.6 Å². The lowest BCUT2D eigenvalue weighted by molar-refractivity contribution is 0.744. The molecule has 0 saturated carbocycles. The van der Waals surface area contributed by atoms with Gasteiger partial charge in [0, 0.05) is 29.7 Å². The molecule has 0 atom stereocenters. The fraction of sp³-hybridized carbons (Fsp3) is 0.833. The SMILES string of the molecule is CNC(=S)NC1CSCSC1. The molecule has 1 heterocycles. The van der Waals surface area contributed by atoms with E-state index in [-0.39, 0.29) is 0 Å². The molecule has 0 unspecified atom stereocenters. The van der Waals surface area contributed by atoms with Crippen molar-refractivity contribution < 1.29 is 0 Å². The molecule has 64 valence electrons. The van der Waals surface area contributed by atoms with Gasteiger partial charge < -0.3 is 10.6 Å². The number of hydrogen-bond acceptors (Lipinski definition) is 3. The van der Waals surface area contributed by atoms with Crippen molar-refractivity contribution in [1.29, 1.82) is 0 Å². The molecule has 1 saturated heterocycles. The third-order valence-corrected chi connectivity index (χ3v) is 4.30. The van der Waals surface area contributed by atoms with E-state index >= 15 is 0 Å². The number of thioether (sulfide) groups is 2.